The van der Waals surface area contributed by atoms with E-state index >= 15 is 0 Å². The number of ether oxygens (including phenoxy) is 1. The second kappa shape index (κ2) is 7.45. The maximum Gasteiger partial charge on any atom is 0.251 e. The van der Waals surface area contributed by atoms with E-state index in [1.54, 1.807) is 37.6 Å². The third-order valence-corrected chi connectivity index (χ3v) is 5.13. The van der Waals surface area contributed by atoms with E-state index in [-0.39, 0.29) is 11.9 Å². The topological polar surface area (TPSA) is 54.5 Å². The molecule has 1 aliphatic rings. The Morgan fingerprint density at radius 1 is 1.22 bits per heavy atom. The first-order valence-electron chi connectivity index (χ1n) is 8.88. The van der Waals surface area contributed by atoms with Crippen LogP contribution in [0.3, 0.4) is 0 Å². The number of carbonyl (C=O) groups is 1. The normalized spacial score (nSPS) is 16.5. The second-order valence-electron chi connectivity index (χ2n) is 6.63. The summed E-state index contributed by atoms with van der Waals surface area (Å²) in [5.41, 5.74) is 2.64. The maximum absolute atomic E-state index is 12.5. The molecule has 5 nitrogen and oxygen atoms in total. The number of nitrogens with one attached hydrogen (secondary N) is 1. The zero-order chi connectivity index (χ0) is 18.8. The van der Waals surface area contributed by atoms with Crippen molar-refractivity contribution in [2.75, 3.05) is 25.1 Å². The monoisotopic (exact) mass is 381 g/mol. The number of halogens is 1. The molecule has 138 valence electrons. The van der Waals surface area contributed by atoms with Crippen molar-refractivity contribution in [3.63, 3.8) is 0 Å². The molecule has 0 bridgehead atoms. The van der Waals surface area contributed by atoms with Gasteiger partial charge in [-0.1, -0.05) is 11.6 Å². The molecule has 2 aromatic carbocycles. The number of hydrogen-bond donors (Lipinski definition) is 1. The van der Waals surface area contributed by atoms with Crippen LogP contribution >= 0.6 is 11.6 Å². The number of carbonyl (C=O) groups excluding carboxylic acids is 1. The summed E-state index contributed by atoms with van der Waals surface area (Å²) in [6.45, 7) is 1.65. The smallest absolute Gasteiger partial charge is 0.251 e. The highest BCUT2D eigenvalue weighted by Gasteiger charge is 2.25. The van der Waals surface area contributed by atoms with Crippen molar-refractivity contribution in [1.82, 2.24) is 10.3 Å². The Labute approximate surface area is 162 Å². The van der Waals surface area contributed by atoms with Crippen LogP contribution in [-0.2, 0) is 0 Å². The average molecular weight is 382 g/mol. The predicted octanol–water partition coefficient (Wildman–Crippen LogP) is 3.91. The van der Waals surface area contributed by atoms with Gasteiger partial charge in [0, 0.05) is 47.0 Å². The fourth-order valence-corrected chi connectivity index (χ4v) is 3.66. The largest absolute Gasteiger partial charge is 0.497 e. The Hall–Kier alpha value is -2.79. The molecule has 4 rings (SSSR count). The summed E-state index contributed by atoms with van der Waals surface area (Å²) in [4.78, 5) is 19.2. The van der Waals surface area contributed by atoms with Crippen molar-refractivity contribution < 1.29 is 9.53 Å². The Morgan fingerprint density at radius 2 is 2.04 bits per heavy atom. The van der Waals surface area contributed by atoms with Crippen molar-refractivity contribution in [2.24, 2.45) is 0 Å². The van der Waals surface area contributed by atoms with Gasteiger partial charge in [0.1, 0.15) is 5.75 Å². The lowest BCUT2D eigenvalue weighted by molar-refractivity contribution is 0.0940. The van der Waals surface area contributed by atoms with E-state index in [2.05, 4.69) is 15.2 Å². The zero-order valence-corrected chi connectivity index (χ0v) is 15.7. The highest BCUT2D eigenvalue weighted by atomic mass is 35.5. The van der Waals surface area contributed by atoms with Gasteiger partial charge in [-0.05, 0) is 55.0 Å². The number of nitrogens with zero attached hydrogens (tertiary/aromatic N) is 2. The van der Waals surface area contributed by atoms with Gasteiger partial charge in [0.15, 0.2) is 0 Å². The number of fused-ring (bicyclic) bond motifs is 1. The molecule has 1 fully saturated rings. The number of anilines is 1. The molecule has 1 amide bonds. The molecule has 1 atom stereocenters. The first-order valence-corrected chi connectivity index (χ1v) is 9.26. The second-order valence-corrected chi connectivity index (χ2v) is 7.06. The number of rotatable bonds is 4. The van der Waals surface area contributed by atoms with Gasteiger partial charge >= 0.3 is 0 Å². The van der Waals surface area contributed by atoms with Crippen molar-refractivity contribution in [2.45, 2.75) is 12.5 Å². The standard InChI is InChI=1S/C21H20ClN3O2/c1-27-17-5-2-14(3-6-17)21(26)24-16-9-11-25(13-16)20-8-10-23-19-12-15(22)4-7-18(19)20/h2-8,10,12,16H,9,11,13H2,1H3,(H,24,26). The molecule has 2 heterocycles. The quantitative estimate of drug-likeness (QED) is 0.744. The van der Waals surface area contributed by atoms with Gasteiger partial charge in [0.25, 0.3) is 5.91 Å². The van der Waals surface area contributed by atoms with Crippen LogP contribution < -0.4 is 15.0 Å². The van der Waals surface area contributed by atoms with E-state index in [0.717, 1.165) is 41.9 Å². The minimum absolute atomic E-state index is 0.0594. The summed E-state index contributed by atoms with van der Waals surface area (Å²) in [6.07, 6.45) is 2.70. The van der Waals surface area contributed by atoms with E-state index in [4.69, 9.17) is 16.3 Å². The van der Waals surface area contributed by atoms with E-state index < -0.39 is 0 Å². The molecule has 3 aromatic rings. The highest BCUT2D eigenvalue weighted by Crippen LogP contribution is 2.29. The minimum atomic E-state index is -0.0594. The molecule has 1 saturated heterocycles. The molecule has 0 radical (unpaired) electrons. The Kier molecular flexibility index (Phi) is 4.86. The number of amides is 1. The van der Waals surface area contributed by atoms with Gasteiger partial charge in [-0.25, -0.2) is 0 Å². The SMILES string of the molecule is COc1ccc(C(=O)NC2CCN(c3ccnc4cc(Cl)ccc34)C2)cc1. The van der Waals surface area contributed by atoms with Crippen LogP contribution in [0.4, 0.5) is 5.69 Å². The van der Waals surface area contributed by atoms with Gasteiger partial charge in [0.2, 0.25) is 0 Å². The molecule has 6 heteroatoms. The van der Waals surface area contributed by atoms with Gasteiger partial charge in [-0.15, -0.1) is 0 Å². The van der Waals surface area contributed by atoms with Crippen LogP contribution in [0.5, 0.6) is 5.75 Å². The zero-order valence-electron chi connectivity index (χ0n) is 15.0. The summed E-state index contributed by atoms with van der Waals surface area (Å²) in [6, 6.07) is 15.0. The maximum atomic E-state index is 12.5. The molecule has 27 heavy (non-hydrogen) atoms. The average Bonchev–Trinajstić information content (AvgIpc) is 3.15. The molecule has 0 aliphatic carbocycles. The Balaban J connectivity index is 1.46. The summed E-state index contributed by atoms with van der Waals surface area (Å²) in [7, 11) is 1.61. The molecular weight excluding hydrogens is 362 g/mol. The van der Waals surface area contributed by atoms with Gasteiger partial charge in [0.05, 0.1) is 12.6 Å². The lowest BCUT2D eigenvalue weighted by atomic mass is 10.1. The molecule has 1 unspecified atom stereocenters. The van der Waals surface area contributed by atoms with Crippen LogP contribution in [0.1, 0.15) is 16.8 Å². The lowest BCUT2D eigenvalue weighted by Gasteiger charge is -2.21. The summed E-state index contributed by atoms with van der Waals surface area (Å²) < 4.78 is 5.14. The van der Waals surface area contributed by atoms with Crippen molar-refractivity contribution in [1.29, 1.82) is 0 Å². The van der Waals surface area contributed by atoms with E-state index in [0.29, 0.717) is 10.6 Å². The molecule has 1 N–H and O–H groups in total. The number of benzene rings is 2. The van der Waals surface area contributed by atoms with Gasteiger partial charge in [-0.2, -0.15) is 0 Å². The molecular formula is C21H20ClN3O2. The summed E-state index contributed by atoms with van der Waals surface area (Å²) in [5, 5.41) is 4.88. The fraction of sp³-hybridized carbons (Fsp3) is 0.238. The van der Waals surface area contributed by atoms with E-state index in [1.165, 1.54) is 0 Å². The summed E-state index contributed by atoms with van der Waals surface area (Å²) >= 11 is 6.08. The Morgan fingerprint density at radius 3 is 2.81 bits per heavy atom. The van der Waals surface area contributed by atoms with Crippen LogP contribution in [0.15, 0.2) is 54.7 Å². The predicted molar refractivity (Wildman–Crippen MR) is 108 cm³/mol. The number of methoxy groups -OCH3 is 1. The minimum Gasteiger partial charge on any atom is -0.497 e. The lowest BCUT2D eigenvalue weighted by Crippen LogP contribution is -2.37. The third kappa shape index (κ3) is 3.69. The number of aromatic nitrogens is 1. The van der Waals surface area contributed by atoms with Crippen LogP contribution in [0.25, 0.3) is 10.9 Å². The van der Waals surface area contributed by atoms with Crippen molar-refractivity contribution >= 4 is 34.1 Å². The highest BCUT2D eigenvalue weighted by molar-refractivity contribution is 6.31. The van der Waals surface area contributed by atoms with Gasteiger partial charge < -0.3 is 15.0 Å². The van der Waals surface area contributed by atoms with Crippen LogP contribution in [0, 0.1) is 0 Å². The van der Waals surface area contributed by atoms with Crippen molar-refractivity contribution in [3.8, 4) is 5.75 Å². The summed E-state index contributed by atoms with van der Waals surface area (Å²) in [5.74, 6) is 0.680. The molecule has 0 spiro atoms. The van der Waals surface area contributed by atoms with Crippen LogP contribution in [-0.4, -0.2) is 37.1 Å². The first kappa shape index (κ1) is 17.6. The van der Waals surface area contributed by atoms with Gasteiger partial charge in [-0.3, -0.25) is 9.78 Å². The van der Waals surface area contributed by atoms with Crippen molar-refractivity contribution in [3.05, 3.63) is 65.3 Å². The van der Waals surface area contributed by atoms with E-state index in [1.807, 2.05) is 24.3 Å². The number of pyridine rings is 1. The first-order chi connectivity index (χ1) is 13.1. The molecule has 1 aliphatic heterocycles. The van der Waals surface area contributed by atoms with E-state index in [9.17, 15) is 4.79 Å². The van der Waals surface area contributed by atoms with Crippen LogP contribution in [0.2, 0.25) is 5.02 Å². The molecule has 0 saturated carbocycles. The third-order valence-electron chi connectivity index (χ3n) is 4.90. The Bertz CT molecular complexity index is 975. The molecule has 1 aromatic heterocycles. The number of hydrogen-bond acceptors (Lipinski definition) is 4. The fourth-order valence-electron chi connectivity index (χ4n) is 3.49.